The molecule has 0 saturated carbocycles. The lowest BCUT2D eigenvalue weighted by Gasteiger charge is -2.08. The van der Waals surface area contributed by atoms with Gasteiger partial charge in [-0.1, -0.05) is 23.7 Å². The summed E-state index contributed by atoms with van der Waals surface area (Å²) in [6.45, 7) is -0.794. The number of hydrogen-bond donors (Lipinski definition) is 1. The van der Waals surface area contributed by atoms with Crippen molar-refractivity contribution < 1.29 is 8.78 Å². The number of hydrogen-bond acceptors (Lipinski definition) is 1. The summed E-state index contributed by atoms with van der Waals surface area (Å²) in [7, 11) is 0. The first-order valence-corrected chi connectivity index (χ1v) is 3.80. The highest BCUT2D eigenvalue weighted by molar-refractivity contribution is 6.30. The Bertz CT molecular complexity index is 278. The summed E-state index contributed by atoms with van der Waals surface area (Å²) in [4.78, 5) is 0. The van der Waals surface area contributed by atoms with E-state index in [-0.39, 0.29) is 10.6 Å². The molecule has 2 N–H and O–H groups in total. The molecule has 0 aliphatic heterocycles. The van der Waals surface area contributed by atoms with Gasteiger partial charge in [-0.2, -0.15) is 0 Å². The Labute approximate surface area is 74.1 Å². The maximum Gasteiger partial charge on any atom is 0.146 e. The van der Waals surface area contributed by atoms with Crippen LogP contribution in [0.25, 0.3) is 0 Å². The summed E-state index contributed by atoms with van der Waals surface area (Å²) < 4.78 is 25.1. The van der Waals surface area contributed by atoms with Crippen molar-refractivity contribution in [3.05, 3.63) is 34.6 Å². The maximum atomic E-state index is 13.1. The molecule has 0 fully saturated rings. The highest BCUT2D eigenvalue weighted by Gasteiger charge is 2.12. The number of halogens is 3. The van der Waals surface area contributed by atoms with Crippen LogP contribution in [0.5, 0.6) is 0 Å². The molecule has 1 rings (SSSR count). The molecule has 66 valence electrons. The molecule has 0 saturated heterocycles. The lowest BCUT2D eigenvalue weighted by Crippen LogP contribution is -2.13. The molecule has 0 unspecified atom stereocenters. The van der Waals surface area contributed by atoms with E-state index in [9.17, 15) is 8.78 Å². The second-order valence-electron chi connectivity index (χ2n) is 2.40. The molecule has 12 heavy (non-hydrogen) atoms. The molecular weight excluding hydrogens is 184 g/mol. The fourth-order valence-corrected chi connectivity index (χ4v) is 1.07. The SMILES string of the molecule is N[C@@H](CF)c1cccc(Cl)c1F. The molecule has 0 aliphatic carbocycles. The van der Waals surface area contributed by atoms with Crippen LogP contribution in [0.3, 0.4) is 0 Å². The third kappa shape index (κ3) is 1.73. The van der Waals surface area contributed by atoms with Gasteiger partial charge in [0.25, 0.3) is 0 Å². The molecule has 0 radical (unpaired) electrons. The Morgan fingerprint density at radius 3 is 2.75 bits per heavy atom. The lowest BCUT2D eigenvalue weighted by atomic mass is 10.1. The van der Waals surface area contributed by atoms with E-state index in [1.54, 1.807) is 0 Å². The van der Waals surface area contributed by atoms with E-state index >= 15 is 0 Å². The third-order valence-electron chi connectivity index (χ3n) is 1.55. The number of benzene rings is 1. The largest absolute Gasteiger partial charge is 0.322 e. The van der Waals surface area contributed by atoms with Gasteiger partial charge in [-0.15, -0.1) is 0 Å². The zero-order valence-electron chi connectivity index (χ0n) is 6.23. The van der Waals surface area contributed by atoms with Crippen LogP contribution in [0.15, 0.2) is 18.2 Å². The fraction of sp³-hybridized carbons (Fsp3) is 0.250. The van der Waals surface area contributed by atoms with Gasteiger partial charge >= 0.3 is 0 Å². The lowest BCUT2D eigenvalue weighted by molar-refractivity contribution is 0.427. The Balaban J connectivity index is 3.07. The van der Waals surface area contributed by atoms with Gasteiger partial charge < -0.3 is 5.73 Å². The van der Waals surface area contributed by atoms with Crippen LogP contribution in [0.2, 0.25) is 5.02 Å². The van der Waals surface area contributed by atoms with Crippen LogP contribution < -0.4 is 5.73 Å². The molecule has 0 heterocycles. The van der Waals surface area contributed by atoms with Gasteiger partial charge in [-0.25, -0.2) is 8.78 Å². The molecular formula is C8H8ClF2N. The van der Waals surface area contributed by atoms with Crippen molar-refractivity contribution in [2.24, 2.45) is 5.73 Å². The monoisotopic (exact) mass is 191 g/mol. The van der Waals surface area contributed by atoms with Crippen molar-refractivity contribution in [3.63, 3.8) is 0 Å². The van der Waals surface area contributed by atoms with Crippen LogP contribution >= 0.6 is 11.6 Å². The standard InChI is InChI=1S/C8H8ClF2N/c9-6-3-1-2-5(8(6)11)7(12)4-10/h1-3,7H,4,12H2/t7-/m0/s1. The second-order valence-corrected chi connectivity index (χ2v) is 2.81. The predicted octanol–water partition coefficient (Wildman–Crippen LogP) is 2.45. The van der Waals surface area contributed by atoms with Crippen LogP contribution in [-0.4, -0.2) is 6.67 Å². The van der Waals surface area contributed by atoms with Crippen molar-refractivity contribution in [3.8, 4) is 0 Å². The Morgan fingerprint density at radius 1 is 1.50 bits per heavy atom. The van der Waals surface area contributed by atoms with Crippen molar-refractivity contribution in [1.29, 1.82) is 0 Å². The molecule has 1 aromatic carbocycles. The molecule has 1 atom stereocenters. The summed E-state index contributed by atoms with van der Waals surface area (Å²) >= 11 is 5.46. The minimum Gasteiger partial charge on any atom is -0.322 e. The minimum atomic E-state index is -0.927. The van der Waals surface area contributed by atoms with Crippen LogP contribution in [0.1, 0.15) is 11.6 Å². The highest BCUT2D eigenvalue weighted by atomic mass is 35.5. The minimum absolute atomic E-state index is 0.0311. The Kier molecular flexibility index (Phi) is 3.00. The zero-order valence-corrected chi connectivity index (χ0v) is 6.98. The smallest absolute Gasteiger partial charge is 0.146 e. The van der Waals surface area contributed by atoms with E-state index in [0.29, 0.717) is 0 Å². The first kappa shape index (κ1) is 9.42. The van der Waals surface area contributed by atoms with Crippen molar-refractivity contribution >= 4 is 11.6 Å². The van der Waals surface area contributed by atoms with Crippen LogP contribution in [-0.2, 0) is 0 Å². The fourth-order valence-electron chi connectivity index (χ4n) is 0.890. The highest BCUT2D eigenvalue weighted by Crippen LogP contribution is 2.22. The van der Waals surface area contributed by atoms with Gasteiger partial charge in [0.15, 0.2) is 0 Å². The van der Waals surface area contributed by atoms with Crippen LogP contribution in [0, 0.1) is 5.82 Å². The molecule has 0 aromatic heterocycles. The third-order valence-corrected chi connectivity index (χ3v) is 1.84. The summed E-state index contributed by atoms with van der Waals surface area (Å²) in [6, 6.07) is 3.43. The topological polar surface area (TPSA) is 26.0 Å². The molecule has 4 heteroatoms. The molecule has 1 aromatic rings. The number of rotatable bonds is 2. The van der Waals surface area contributed by atoms with Crippen molar-refractivity contribution in [2.75, 3.05) is 6.67 Å². The van der Waals surface area contributed by atoms with E-state index in [1.165, 1.54) is 18.2 Å². The normalized spacial score (nSPS) is 13.0. The van der Waals surface area contributed by atoms with E-state index < -0.39 is 18.5 Å². The van der Waals surface area contributed by atoms with E-state index in [2.05, 4.69) is 0 Å². The van der Waals surface area contributed by atoms with Gasteiger partial charge in [0.2, 0.25) is 0 Å². The van der Waals surface area contributed by atoms with Gasteiger partial charge in [0.05, 0.1) is 11.1 Å². The van der Waals surface area contributed by atoms with Gasteiger partial charge in [0, 0.05) is 5.56 Å². The summed E-state index contributed by atoms with van der Waals surface area (Å²) in [5, 5.41) is -0.0311. The van der Waals surface area contributed by atoms with Crippen molar-refractivity contribution in [1.82, 2.24) is 0 Å². The van der Waals surface area contributed by atoms with E-state index in [4.69, 9.17) is 17.3 Å². The van der Waals surface area contributed by atoms with Gasteiger partial charge in [0.1, 0.15) is 12.5 Å². The van der Waals surface area contributed by atoms with Gasteiger partial charge in [-0.3, -0.25) is 0 Å². The Hall–Kier alpha value is -0.670. The Morgan fingerprint density at radius 2 is 2.17 bits per heavy atom. The van der Waals surface area contributed by atoms with Crippen molar-refractivity contribution in [2.45, 2.75) is 6.04 Å². The van der Waals surface area contributed by atoms with E-state index in [0.717, 1.165) is 0 Å². The van der Waals surface area contributed by atoms with Crippen LogP contribution in [0.4, 0.5) is 8.78 Å². The number of alkyl halides is 1. The quantitative estimate of drug-likeness (QED) is 0.764. The molecule has 0 amide bonds. The average Bonchev–Trinajstić information content (AvgIpc) is 2.08. The second kappa shape index (κ2) is 3.83. The van der Waals surface area contributed by atoms with E-state index in [1.807, 2.05) is 0 Å². The predicted molar refractivity (Wildman–Crippen MR) is 44.3 cm³/mol. The first-order valence-electron chi connectivity index (χ1n) is 3.42. The molecule has 1 nitrogen and oxygen atoms in total. The van der Waals surface area contributed by atoms with Gasteiger partial charge in [-0.05, 0) is 6.07 Å². The maximum absolute atomic E-state index is 13.1. The summed E-state index contributed by atoms with van der Waals surface area (Å²) in [5.74, 6) is -0.635. The molecule has 0 aliphatic rings. The summed E-state index contributed by atoms with van der Waals surface area (Å²) in [6.07, 6.45) is 0. The average molecular weight is 192 g/mol. The number of nitrogens with two attached hydrogens (primary N) is 1. The zero-order chi connectivity index (χ0) is 9.14. The first-order chi connectivity index (χ1) is 5.66. The molecule has 0 bridgehead atoms. The summed E-state index contributed by atoms with van der Waals surface area (Å²) in [5.41, 5.74) is 5.41. The molecule has 0 spiro atoms.